The van der Waals surface area contributed by atoms with Crippen molar-refractivity contribution in [3.05, 3.63) is 59.7 Å². The van der Waals surface area contributed by atoms with Gasteiger partial charge in [-0.2, -0.15) is 0 Å². The number of likely N-dealkylation sites (N-methyl/N-ethyl adjacent to an activating group) is 1. The Hall–Kier alpha value is -2.82. The quantitative estimate of drug-likeness (QED) is 0.592. The molecule has 1 fully saturated rings. The van der Waals surface area contributed by atoms with Crippen molar-refractivity contribution >= 4 is 12.1 Å². The Kier molecular flexibility index (Phi) is 6.51. The summed E-state index contributed by atoms with van der Waals surface area (Å²) in [5, 5.41) is 9.96. The number of amides is 1. The average Bonchev–Trinajstić information content (AvgIpc) is 3.11. The van der Waals surface area contributed by atoms with Crippen LogP contribution in [0.1, 0.15) is 63.5 Å². The smallest absolute Gasteiger partial charge is 0.410 e. The van der Waals surface area contributed by atoms with E-state index in [1.165, 1.54) is 16.0 Å². The molecule has 1 unspecified atom stereocenters. The summed E-state index contributed by atoms with van der Waals surface area (Å²) in [6, 6.07) is 15.5. The maximum absolute atomic E-state index is 13.0. The molecule has 4 rings (SSSR count). The Morgan fingerprint density at radius 2 is 1.48 bits per heavy atom. The number of rotatable bonds is 5. The van der Waals surface area contributed by atoms with Crippen LogP contribution >= 0.6 is 0 Å². The van der Waals surface area contributed by atoms with Gasteiger partial charge in [0.1, 0.15) is 12.6 Å². The predicted octanol–water partition coefficient (Wildman–Crippen LogP) is 6.17. The van der Waals surface area contributed by atoms with Crippen LogP contribution in [0.15, 0.2) is 48.5 Å². The minimum atomic E-state index is -0.954. The van der Waals surface area contributed by atoms with E-state index >= 15 is 0 Å². The molecule has 0 radical (unpaired) electrons. The Morgan fingerprint density at radius 1 is 0.970 bits per heavy atom. The van der Waals surface area contributed by atoms with Crippen molar-refractivity contribution in [1.82, 2.24) is 4.90 Å². The first kappa shape index (κ1) is 23.3. The minimum absolute atomic E-state index is 0.0414. The molecule has 0 aliphatic heterocycles. The van der Waals surface area contributed by atoms with E-state index in [0.717, 1.165) is 36.8 Å². The van der Waals surface area contributed by atoms with Crippen molar-refractivity contribution in [2.45, 2.75) is 58.4 Å². The molecular weight excluding hydrogens is 414 g/mol. The lowest BCUT2D eigenvalue weighted by Crippen LogP contribution is -2.48. The second-order valence-corrected chi connectivity index (χ2v) is 10.7. The molecule has 0 spiro atoms. The second kappa shape index (κ2) is 9.20. The molecule has 2 aromatic rings. The highest BCUT2D eigenvalue weighted by Crippen LogP contribution is 2.45. The van der Waals surface area contributed by atoms with E-state index in [9.17, 15) is 14.7 Å². The second-order valence-electron chi connectivity index (χ2n) is 10.7. The highest BCUT2D eigenvalue weighted by molar-refractivity contribution is 5.81. The molecule has 5 heteroatoms. The number of benzene rings is 2. The van der Waals surface area contributed by atoms with E-state index < -0.39 is 18.1 Å². The van der Waals surface area contributed by atoms with Gasteiger partial charge in [0.15, 0.2) is 0 Å². The number of aliphatic carboxylic acids is 1. The summed E-state index contributed by atoms with van der Waals surface area (Å²) in [5.74, 6) is -0.458. The Labute approximate surface area is 196 Å². The molecule has 2 aliphatic carbocycles. The van der Waals surface area contributed by atoms with Crippen molar-refractivity contribution < 1.29 is 19.4 Å². The molecular formula is C28H35NO4. The van der Waals surface area contributed by atoms with E-state index in [0.29, 0.717) is 5.92 Å². The van der Waals surface area contributed by atoms with Crippen LogP contribution in [0.4, 0.5) is 4.79 Å². The van der Waals surface area contributed by atoms with Crippen LogP contribution in [-0.2, 0) is 9.53 Å². The number of carboxylic acid groups (broad SMARTS) is 1. The zero-order valence-corrected chi connectivity index (χ0v) is 20.1. The zero-order chi connectivity index (χ0) is 23.8. The molecule has 1 N–H and O–H groups in total. The van der Waals surface area contributed by atoms with E-state index in [4.69, 9.17) is 4.74 Å². The number of nitrogens with zero attached hydrogens (tertiary/aromatic N) is 1. The number of carbonyl (C=O) groups excluding carboxylic acids is 1. The third-order valence-corrected chi connectivity index (χ3v) is 7.74. The standard InChI is InChI=1S/C28H35NO4/c1-28(2,3)19-15-13-18(14-16-19)25(26(30)31)29(4)27(32)33-17-24-22-11-7-5-9-20(22)21-10-6-8-12-23(21)24/h5-12,18-19,24-25H,13-17H2,1-4H3,(H,30,31). The van der Waals surface area contributed by atoms with Gasteiger partial charge < -0.3 is 9.84 Å². The van der Waals surface area contributed by atoms with Gasteiger partial charge in [-0.15, -0.1) is 0 Å². The maximum atomic E-state index is 13.0. The van der Waals surface area contributed by atoms with E-state index in [-0.39, 0.29) is 23.9 Å². The molecule has 1 amide bonds. The molecule has 0 aromatic heterocycles. The number of hydrogen-bond acceptors (Lipinski definition) is 3. The molecule has 0 bridgehead atoms. The summed E-state index contributed by atoms with van der Waals surface area (Å²) in [5.41, 5.74) is 4.85. The Balaban J connectivity index is 1.43. The van der Waals surface area contributed by atoms with Crippen molar-refractivity contribution in [3.63, 3.8) is 0 Å². The van der Waals surface area contributed by atoms with Crippen molar-refractivity contribution in [1.29, 1.82) is 0 Å². The van der Waals surface area contributed by atoms with Gasteiger partial charge in [0.2, 0.25) is 0 Å². The van der Waals surface area contributed by atoms with Gasteiger partial charge in [0.05, 0.1) is 0 Å². The fourth-order valence-corrected chi connectivity index (χ4v) is 5.79. The molecule has 1 atom stereocenters. The van der Waals surface area contributed by atoms with Gasteiger partial charge in [-0.05, 0) is 65.2 Å². The summed E-state index contributed by atoms with van der Waals surface area (Å²) >= 11 is 0. The normalized spacial score (nSPS) is 21.1. The van der Waals surface area contributed by atoms with E-state index in [2.05, 4.69) is 45.0 Å². The molecule has 5 nitrogen and oxygen atoms in total. The number of carboxylic acids is 1. The molecule has 176 valence electrons. The minimum Gasteiger partial charge on any atom is -0.480 e. The summed E-state index contributed by atoms with van der Waals surface area (Å²) in [7, 11) is 1.56. The number of carbonyl (C=O) groups is 2. The molecule has 0 heterocycles. The van der Waals surface area contributed by atoms with Gasteiger partial charge in [-0.25, -0.2) is 9.59 Å². The van der Waals surface area contributed by atoms with Crippen molar-refractivity contribution in [3.8, 4) is 11.1 Å². The fraction of sp³-hybridized carbons (Fsp3) is 0.500. The molecule has 2 aliphatic rings. The zero-order valence-electron chi connectivity index (χ0n) is 20.1. The van der Waals surface area contributed by atoms with Crippen LogP contribution in [0.5, 0.6) is 0 Å². The van der Waals surface area contributed by atoms with Gasteiger partial charge >= 0.3 is 12.1 Å². The fourth-order valence-electron chi connectivity index (χ4n) is 5.79. The lowest BCUT2D eigenvalue weighted by atomic mass is 9.68. The van der Waals surface area contributed by atoms with Crippen LogP contribution in [0.2, 0.25) is 0 Å². The SMILES string of the molecule is CN(C(=O)OCC1c2ccccc2-c2ccccc21)C(C(=O)O)C1CCC(C(C)(C)C)CC1. The summed E-state index contributed by atoms with van der Waals surface area (Å²) in [6.07, 6.45) is 3.06. The van der Waals surface area contributed by atoms with Crippen LogP contribution in [0.3, 0.4) is 0 Å². The average molecular weight is 450 g/mol. The van der Waals surface area contributed by atoms with Crippen LogP contribution < -0.4 is 0 Å². The lowest BCUT2D eigenvalue weighted by Gasteiger charge is -2.40. The lowest BCUT2D eigenvalue weighted by molar-refractivity contribution is -0.145. The van der Waals surface area contributed by atoms with Gasteiger partial charge in [-0.1, -0.05) is 69.3 Å². The third kappa shape index (κ3) is 4.64. The molecule has 2 aromatic carbocycles. The number of hydrogen-bond donors (Lipinski definition) is 1. The highest BCUT2D eigenvalue weighted by Gasteiger charge is 2.40. The first-order valence-corrected chi connectivity index (χ1v) is 12.0. The first-order chi connectivity index (χ1) is 15.7. The largest absolute Gasteiger partial charge is 0.480 e. The topological polar surface area (TPSA) is 66.8 Å². The van der Waals surface area contributed by atoms with E-state index in [1.807, 2.05) is 24.3 Å². The summed E-state index contributed by atoms with van der Waals surface area (Å²) in [6.45, 7) is 6.93. The van der Waals surface area contributed by atoms with Crippen molar-refractivity contribution in [2.24, 2.45) is 17.3 Å². The molecule has 33 heavy (non-hydrogen) atoms. The maximum Gasteiger partial charge on any atom is 0.410 e. The van der Waals surface area contributed by atoms with Crippen LogP contribution in [0.25, 0.3) is 11.1 Å². The highest BCUT2D eigenvalue weighted by atomic mass is 16.6. The van der Waals surface area contributed by atoms with E-state index in [1.54, 1.807) is 7.05 Å². The number of ether oxygens (including phenoxy) is 1. The van der Waals surface area contributed by atoms with Gasteiger partial charge in [0, 0.05) is 13.0 Å². The predicted molar refractivity (Wildman–Crippen MR) is 129 cm³/mol. The van der Waals surface area contributed by atoms with Gasteiger partial charge in [0.25, 0.3) is 0 Å². The number of fused-ring (bicyclic) bond motifs is 3. The third-order valence-electron chi connectivity index (χ3n) is 7.74. The molecule has 0 saturated heterocycles. The summed E-state index contributed by atoms with van der Waals surface area (Å²) < 4.78 is 5.72. The van der Waals surface area contributed by atoms with Crippen LogP contribution in [0, 0.1) is 17.3 Å². The van der Waals surface area contributed by atoms with Gasteiger partial charge in [-0.3, -0.25) is 4.90 Å². The first-order valence-electron chi connectivity index (χ1n) is 12.0. The molecule has 1 saturated carbocycles. The van der Waals surface area contributed by atoms with Crippen LogP contribution in [-0.4, -0.2) is 41.8 Å². The summed E-state index contributed by atoms with van der Waals surface area (Å²) in [4.78, 5) is 26.4. The monoisotopic (exact) mass is 449 g/mol. The van der Waals surface area contributed by atoms with Crippen molar-refractivity contribution in [2.75, 3.05) is 13.7 Å². The Morgan fingerprint density at radius 3 is 1.97 bits per heavy atom. The Bertz CT molecular complexity index is 971.